The molecule has 0 spiro atoms. The Morgan fingerprint density at radius 2 is 1.94 bits per heavy atom. The molecule has 100 valence electrons. The zero-order valence-corrected chi connectivity index (χ0v) is 13.0. The third kappa shape index (κ3) is 3.72. The molecule has 1 N–H and O–H groups in total. The van der Waals surface area contributed by atoms with Gasteiger partial charge in [0.2, 0.25) is 0 Å². The Morgan fingerprint density at radius 3 is 2.61 bits per heavy atom. The number of halogens is 1. The predicted molar refractivity (Wildman–Crippen MR) is 82.2 cm³/mol. The average Bonchev–Trinajstić information content (AvgIpc) is 2.37. The summed E-state index contributed by atoms with van der Waals surface area (Å²) < 4.78 is 1.17. The first-order valence-electron chi connectivity index (χ1n) is 6.93. The Bertz CT molecular complexity index is 384. The Kier molecular flexibility index (Phi) is 5.07. The van der Waals surface area contributed by atoms with Gasteiger partial charge in [0.15, 0.2) is 0 Å². The van der Waals surface area contributed by atoms with Crippen molar-refractivity contribution >= 4 is 21.6 Å². The minimum atomic E-state index is 0.526. The van der Waals surface area contributed by atoms with Crippen LogP contribution in [0, 0.1) is 0 Å². The smallest absolute Gasteiger partial charge is 0.0412 e. The maximum absolute atomic E-state index is 3.58. The quantitative estimate of drug-likeness (QED) is 0.906. The van der Waals surface area contributed by atoms with Gasteiger partial charge in [-0.3, -0.25) is 0 Å². The van der Waals surface area contributed by atoms with Crippen molar-refractivity contribution in [1.29, 1.82) is 0 Å². The van der Waals surface area contributed by atoms with Crippen LogP contribution in [0.5, 0.6) is 0 Å². The van der Waals surface area contributed by atoms with Crippen LogP contribution in [0.15, 0.2) is 22.7 Å². The van der Waals surface area contributed by atoms with E-state index in [0.717, 1.165) is 6.54 Å². The summed E-state index contributed by atoms with van der Waals surface area (Å²) in [4.78, 5) is 2.54. The van der Waals surface area contributed by atoms with Crippen LogP contribution >= 0.6 is 15.9 Å². The van der Waals surface area contributed by atoms with Crippen molar-refractivity contribution < 1.29 is 0 Å². The lowest BCUT2D eigenvalue weighted by Gasteiger charge is -2.31. The van der Waals surface area contributed by atoms with E-state index in [0.29, 0.717) is 6.04 Å². The number of hydrogen-bond acceptors (Lipinski definition) is 2. The van der Waals surface area contributed by atoms with Crippen LogP contribution in [0.1, 0.15) is 38.7 Å². The molecule has 1 aromatic carbocycles. The molecule has 2 rings (SSSR count). The van der Waals surface area contributed by atoms with Crippen LogP contribution in [0.2, 0.25) is 0 Å². The highest BCUT2D eigenvalue weighted by Crippen LogP contribution is 2.27. The molecule has 1 fully saturated rings. The second-order valence-electron chi connectivity index (χ2n) is 5.36. The minimum absolute atomic E-state index is 0.526. The molecule has 0 bridgehead atoms. The van der Waals surface area contributed by atoms with Gasteiger partial charge < -0.3 is 10.2 Å². The van der Waals surface area contributed by atoms with E-state index in [-0.39, 0.29) is 0 Å². The topological polar surface area (TPSA) is 15.3 Å². The molecule has 0 radical (unpaired) electrons. The summed E-state index contributed by atoms with van der Waals surface area (Å²) >= 11 is 3.58. The van der Waals surface area contributed by atoms with Crippen molar-refractivity contribution in [2.24, 2.45) is 0 Å². The highest BCUT2D eigenvalue weighted by atomic mass is 79.9. The van der Waals surface area contributed by atoms with E-state index in [4.69, 9.17) is 0 Å². The highest BCUT2D eigenvalue weighted by Gasteiger charge is 2.14. The third-order valence-electron chi connectivity index (χ3n) is 3.44. The molecule has 3 heteroatoms. The number of nitrogens with one attached hydrogen (secondary N) is 1. The summed E-state index contributed by atoms with van der Waals surface area (Å²) in [7, 11) is 0. The van der Waals surface area contributed by atoms with Crippen LogP contribution in [0.4, 0.5) is 5.69 Å². The number of nitrogens with zero attached hydrogens (tertiary/aromatic N) is 1. The minimum Gasteiger partial charge on any atom is -0.371 e. The van der Waals surface area contributed by atoms with Crippen molar-refractivity contribution in [3.8, 4) is 0 Å². The van der Waals surface area contributed by atoms with Gasteiger partial charge in [0, 0.05) is 35.8 Å². The third-order valence-corrected chi connectivity index (χ3v) is 3.93. The van der Waals surface area contributed by atoms with E-state index in [1.165, 1.54) is 48.1 Å². The second kappa shape index (κ2) is 6.58. The van der Waals surface area contributed by atoms with Gasteiger partial charge in [-0.1, -0.05) is 29.8 Å². The average molecular weight is 311 g/mol. The fraction of sp³-hybridized carbons (Fsp3) is 0.600. The Labute approximate surface area is 119 Å². The van der Waals surface area contributed by atoms with Crippen molar-refractivity contribution in [3.63, 3.8) is 0 Å². The van der Waals surface area contributed by atoms with Gasteiger partial charge in [-0.2, -0.15) is 0 Å². The summed E-state index contributed by atoms with van der Waals surface area (Å²) in [6.45, 7) is 7.74. The molecule has 0 amide bonds. The maximum atomic E-state index is 3.58. The van der Waals surface area contributed by atoms with Crippen molar-refractivity contribution in [3.05, 3.63) is 28.2 Å². The van der Waals surface area contributed by atoms with Gasteiger partial charge in [0.1, 0.15) is 0 Å². The molecular formula is C15H23BrN2. The lowest BCUT2D eigenvalue weighted by molar-refractivity contribution is 0.566. The number of hydrogen-bond donors (Lipinski definition) is 1. The van der Waals surface area contributed by atoms with Crippen molar-refractivity contribution in [2.75, 3.05) is 18.0 Å². The van der Waals surface area contributed by atoms with Crippen LogP contribution in [0.25, 0.3) is 0 Å². The Balaban J connectivity index is 2.16. The van der Waals surface area contributed by atoms with Gasteiger partial charge in [-0.25, -0.2) is 0 Å². The van der Waals surface area contributed by atoms with Crippen molar-refractivity contribution in [1.82, 2.24) is 5.32 Å². The number of benzene rings is 1. The molecule has 1 heterocycles. The first-order chi connectivity index (χ1) is 8.66. The SMILES string of the molecule is CC(C)NCc1cc(Br)ccc1N1CCCCC1. The van der Waals surface area contributed by atoms with Crippen LogP contribution < -0.4 is 10.2 Å². The summed E-state index contributed by atoms with van der Waals surface area (Å²) in [6, 6.07) is 7.19. The normalized spacial score (nSPS) is 16.3. The molecule has 0 saturated carbocycles. The van der Waals surface area contributed by atoms with E-state index in [2.05, 4.69) is 58.2 Å². The molecule has 18 heavy (non-hydrogen) atoms. The summed E-state index contributed by atoms with van der Waals surface area (Å²) in [5.41, 5.74) is 2.81. The van der Waals surface area contributed by atoms with E-state index in [1.807, 2.05) is 0 Å². The van der Waals surface area contributed by atoms with E-state index < -0.39 is 0 Å². The lowest BCUT2D eigenvalue weighted by Crippen LogP contribution is -2.31. The fourth-order valence-corrected chi connectivity index (χ4v) is 2.86. The molecule has 0 aromatic heterocycles. The molecule has 0 aliphatic carbocycles. The Morgan fingerprint density at radius 1 is 1.22 bits per heavy atom. The Hall–Kier alpha value is -0.540. The molecule has 1 aromatic rings. The van der Waals surface area contributed by atoms with E-state index >= 15 is 0 Å². The summed E-state index contributed by atoms with van der Waals surface area (Å²) in [6.07, 6.45) is 4.03. The molecule has 0 unspecified atom stereocenters. The van der Waals surface area contributed by atoms with Crippen molar-refractivity contribution in [2.45, 2.75) is 45.7 Å². The van der Waals surface area contributed by atoms with Crippen LogP contribution in [-0.2, 0) is 6.54 Å². The molecule has 0 atom stereocenters. The molecule has 1 aliphatic rings. The maximum Gasteiger partial charge on any atom is 0.0412 e. The van der Waals surface area contributed by atoms with Crippen LogP contribution in [0.3, 0.4) is 0 Å². The van der Waals surface area contributed by atoms with E-state index in [9.17, 15) is 0 Å². The van der Waals surface area contributed by atoms with Gasteiger partial charge >= 0.3 is 0 Å². The first kappa shape index (κ1) is 13.9. The van der Waals surface area contributed by atoms with Gasteiger partial charge in [-0.15, -0.1) is 0 Å². The monoisotopic (exact) mass is 310 g/mol. The molecule has 1 saturated heterocycles. The molecule has 1 aliphatic heterocycles. The number of piperidine rings is 1. The standard InChI is InChI=1S/C15H23BrN2/c1-12(2)17-11-13-10-14(16)6-7-15(13)18-8-4-3-5-9-18/h6-7,10,12,17H,3-5,8-9,11H2,1-2H3. The number of rotatable bonds is 4. The van der Waals surface area contributed by atoms with Gasteiger partial charge in [-0.05, 0) is 43.0 Å². The lowest BCUT2D eigenvalue weighted by atomic mass is 10.1. The zero-order valence-electron chi connectivity index (χ0n) is 11.4. The molecular weight excluding hydrogens is 288 g/mol. The largest absolute Gasteiger partial charge is 0.371 e. The fourth-order valence-electron chi connectivity index (χ4n) is 2.45. The second-order valence-corrected chi connectivity index (χ2v) is 6.27. The zero-order chi connectivity index (χ0) is 13.0. The molecule has 2 nitrogen and oxygen atoms in total. The highest BCUT2D eigenvalue weighted by molar-refractivity contribution is 9.10. The van der Waals surface area contributed by atoms with Gasteiger partial charge in [0.25, 0.3) is 0 Å². The predicted octanol–water partition coefficient (Wildman–Crippen LogP) is 3.94. The number of anilines is 1. The summed E-state index contributed by atoms with van der Waals surface area (Å²) in [5.74, 6) is 0. The van der Waals surface area contributed by atoms with Gasteiger partial charge in [0.05, 0.1) is 0 Å². The van der Waals surface area contributed by atoms with E-state index in [1.54, 1.807) is 0 Å². The summed E-state index contributed by atoms with van der Waals surface area (Å²) in [5, 5.41) is 3.52. The first-order valence-corrected chi connectivity index (χ1v) is 7.73. The van der Waals surface area contributed by atoms with Crippen LogP contribution in [-0.4, -0.2) is 19.1 Å².